The summed E-state index contributed by atoms with van der Waals surface area (Å²) < 4.78 is 25.0. The summed E-state index contributed by atoms with van der Waals surface area (Å²) in [7, 11) is 0. The van der Waals surface area contributed by atoms with Crippen molar-refractivity contribution in [1.29, 1.82) is 0 Å². The van der Waals surface area contributed by atoms with Gasteiger partial charge in [-0.3, -0.25) is 9.69 Å². The third-order valence-electron chi connectivity index (χ3n) is 5.49. The fourth-order valence-corrected chi connectivity index (χ4v) is 3.77. The van der Waals surface area contributed by atoms with E-state index in [9.17, 15) is 14.0 Å². The molecule has 1 aliphatic rings. The first kappa shape index (κ1) is 22.6. The molecule has 2 aromatic rings. The normalized spacial score (nSPS) is 21.1. The second-order valence-corrected chi connectivity index (χ2v) is 8.99. The van der Waals surface area contributed by atoms with Crippen molar-refractivity contribution in [1.82, 2.24) is 4.90 Å². The number of nitrogens with two attached hydrogens (primary N) is 1. The van der Waals surface area contributed by atoms with Crippen molar-refractivity contribution >= 4 is 12.0 Å². The van der Waals surface area contributed by atoms with Crippen LogP contribution in [0.25, 0.3) is 0 Å². The topological polar surface area (TPSA) is 81.9 Å². The van der Waals surface area contributed by atoms with Gasteiger partial charge in [-0.05, 0) is 64.3 Å². The molecule has 1 aliphatic heterocycles. The largest absolute Gasteiger partial charge is 0.489 e. The maximum atomic E-state index is 13.8. The molecule has 0 spiro atoms. The van der Waals surface area contributed by atoms with Crippen LogP contribution in [0.5, 0.6) is 5.75 Å². The number of nitrogens with zero attached hydrogens (tertiary/aromatic N) is 1. The molecule has 0 bridgehead atoms. The fraction of sp³-hybridized carbons (Fsp3) is 0.417. The molecular formula is C24H29FN2O4. The second-order valence-electron chi connectivity index (χ2n) is 8.99. The lowest BCUT2D eigenvalue weighted by atomic mass is 9.98. The van der Waals surface area contributed by atoms with Gasteiger partial charge < -0.3 is 15.2 Å². The number of carbonyl (C=O) groups is 2. The Morgan fingerprint density at radius 1 is 1.16 bits per heavy atom. The van der Waals surface area contributed by atoms with E-state index < -0.39 is 23.1 Å². The van der Waals surface area contributed by atoms with Gasteiger partial charge in [0.1, 0.15) is 29.3 Å². The lowest BCUT2D eigenvalue weighted by Crippen LogP contribution is -2.55. The summed E-state index contributed by atoms with van der Waals surface area (Å²) in [5.41, 5.74) is 5.13. The van der Waals surface area contributed by atoms with Crippen LogP contribution >= 0.6 is 0 Å². The first-order chi connectivity index (χ1) is 14.5. The lowest BCUT2D eigenvalue weighted by Gasteiger charge is -2.37. The number of likely N-dealkylation sites (tertiary alicyclic amines) is 1. The SMILES string of the molecule is CC(C)(C)OC(=O)N1[C@@H](c2ccc(OCc3ccccc3F)cc2)CC[C@@]1(C)C(N)=O. The van der Waals surface area contributed by atoms with Crippen LogP contribution in [0, 0.1) is 5.82 Å². The molecule has 1 fully saturated rings. The Kier molecular flexibility index (Phi) is 6.25. The Morgan fingerprint density at radius 3 is 2.39 bits per heavy atom. The van der Waals surface area contributed by atoms with Gasteiger partial charge in [0.25, 0.3) is 0 Å². The summed E-state index contributed by atoms with van der Waals surface area (Å²) in [5, 5.41) is 0. The van der Waals surface area contributed by atoms with Crippen molar-refractivity contribution in [2.75, 3.05) is 0 Å². The quantitative estimate of drug-likeness (QED) is 0.747. The highest BCUT2D eigenvalue weighted by molar-refractivity contribution is 5.89. The van der Waals surface area contributed by atoms with Crippen molar-refractivity contribution in [2.24, 2.45) is 5.73 Å². The third kappa shape index (κ3) is 4.98. The van der Waals surface area contributed by atoms with E-state index in [4.69, 9.17) is 15.2 Å². The van der Waals surface area contributed by atoms with E-state index in [1.807, 2.05) is 12.1 Å². The molecule has 1 saturated heterocycles. The molecule has 1 heterocycles. The highest BCUT2D eigenvalue weighted by atomic mass is 19.1. The molecule has 2 amide bonds. The molecular weight excluding hydrogens is 399 g/mol. The molecule has 2 atom stereocenters. The minimum Gasteiger partial charge on any atom is -0.489 e. The molecule has 3 rings (SSSR count). The van der Waals surface area contributed by atoms with Gasteiger partial charge in [0, 0.05) is 5.56 Å². The average Bonchev–Trinajstić information content (AvgIpc) is 3.05. The molecule has 0 saturated carbocycles. The van der Waals surface area contributed by atoms with Gasteiger partial charge in [0.05, 0.1) is 6.04 Å². The Balaban J connectivity index is 1.79. The number of ether oxygens (including phenoxy) is 2. The summed E-state index contributed by atoms with van der Waals surface area (Å²) in [6, 6.07) is 13.3. The number of benzene rings is 2. The molecule has 166 valence electrons. The third-order valence-corrected chi connectivity index (χ3v) is 5.49. The van der Waals surface area contributed by atoms with Crippen LogP contribution in [0.15, 0.2) is 48.5 Å². The van der Waals surface area contributed by atoms with Crippen LogP contribution in [-0.2, 0) is 16.1 Å². The number of halogens is 1. The van der Waals surface area contributed by atoms with Gasteiger partial charge in [-0.2, -0.15) is 0 Å². The van der Waals surface area contributed by atoms with Crippen LogP contribution in [0.4, 0.5) is 9.18 Å². The highest BCUT2D eigenvalue weighted by Gasteiger charge is 2.51. The van der Waals surface area contributed by atoms with E-state index in [1.165, 1.54) is 11.0 Å². The summed E-state index contributed by atoms with van der Waals surface area (Å²) in [6.07, 6.45) is 0.447. The number of primary amides is 1. The van der Waals surface area contributed by atoms with Gasteiger partial charge in [-0.1, -0.05) is 30.3 Å². The number of hydrogen-bond acceptors (Lipinski definition) is 4. The molecule has 31 heavy (non-hydrogen) atoms. The Hall–Kier alpha value is -3.09. The fourth-order valence-electron chi connectivity index (χ4n) is 3.77. The van der Waals surface area contributed by atoms with E-state index in [2.05, 4.69) is 0 Å². The molecule has 0 aromatic heterocycles. The van der Waals surface area contributed by atoms with E-state index in [0.29, 0.717) is 24.2 Å². The van der Waals surface area contributed by atoms with E-state index >= 15 is 0 Å². The zero-order valence-electron chi connectivity index (χ0n) is 18.4. The van der Waals surface area contributed by atoms with Crippen molar-refractivity contribution in [3.63, 3.8) is 0 Å². The van der Waals surface area contributed by atoms with Crippen molar-refractivity contribution in [3.05, 3.63) is 65.5 Å². The Labute approximate surface area is 182 Å². The second kappa shape index (κ2) is 8.57. The summed E-state index contributed by atoms with van der Waals surface area (Å²) >= 11 is 0. The standard InChI is InChI=1S/C24H29FN2O4/c1-23(2,3)31-22(29)27-20(13-14-24(27,4)21(26)28)16-9-11-18(12-10-16)30-15-17-7-5-6-8-19(17)25/h5-12,20H,13-15H2,1-4H3,(H2,26,28)/t20-,24+/m1/s1. The minimum absolute atomic E-state index is 0.110. The van der Waals surface area contributed by atoms with Crippen LogP contribution in [0.1, 0.15) is 57.7 Å². The lowest BCUT2D eigenvalue weighted by molar-refractivity contribution is -0.128. The predicted molar refractivity (Wildman–Crippen MR) is 115 cm³/mol. The Morgan fingerprint density at radius 2 is 1.81 bits per heavy atom. The van der Waals surface area contributed by atoms with Crippen molar-refractivity contribution < 1.29 is 23.5 Å². The van der Waals surface area contributed by atoms with Crippen LogP contribution < -0.4 is 10.5 Å². The van der Waals surface area contributed by atoms with Gasteiger partial charge in [0.2, 0.25) is 5.91 Å². The van der Waals surface area contributed by atoms with Crippen LogP contribution in [0.2, 0.25) is 0 Å². The molecule has 7 heteroatoms. The number of rotatable bonds is 5. The molecule has 0 aliphatic carbocycles. The Bertz CT molecular complexity index is 955. The predicted octanol–water partition coefficient (Wildman–Crippen LogP) is 4.72. The summed E-state index contributed by atoms with van der Waals surface area (Å²) in [6.45, 7) is 7.11. The molecule has 6 nitrogen and oxygen atoms in total. The van der Waals surface area contributed by atoms with E-state index in [-0.39, 0.29) is 18.5 Å². The first-order valence-electron chi connectivity index (χ1n) is 10.3. The molecule has 2 N–H and O–H groups in total. The maximum Gasteiger partial charge on any atom is 0.411 e. The number of hydrogen-bond donors (Lipinski definition) is 1. The summed E-state index contributed by atoms with van der Waals surface area (Å²) in [4.78, 5) is 26.6. The number of carbonyl (C=O) groups excluding carboxylic acids is 2. The van der Waals surface area contributed by atoms with Gasteiger partial charge in [0.15, 0.2) is 0 Å². The molecule has 0 unspecified atom stereocenters. The minimum atomic E-state index is -1.13. The van der Waals surface area contributed by atoms with E-state index in [1.54, 1.807) is 58.0 Å². The molecule has 2 aromatic carbocycles. The van der Waals surface area contributed by atoms with Gasteiger partial charge in [-0.25, -0.2) is 9.18 Å². The van der Waals surface area contributed by atoms with Gasteiger partial charge >= 0.3 is 6.09 Å². The smallest absolute Gasteiger partial charge is 0.411 e. The highest BCUT2D eigenvalue weighted by Crippen LogP contribution is 2.43. The first-order valence-corrected chi connectivity index (χ1v) is 10.3. The van der Waals surface area contributed by atoms with Crippen molar-refractivity contribution in [2.45, 2.75) is 64.3 Å². The zero-order chi connectivity index (χ0) is 22.8. The number of amides is 2. The van der Waals surface area contributed by atoms with Crippen LogP contribution in [-0.4, -0.2) is 28.0 Å². The van der Waals surface area contributed by atoms with Crippen molar-refractivity contribution in [3.8, 4) is 5.75 Å². The summed E-state index contributed by atoms with van der Waals surface area (Å²) in [5.74, 6) is -0.305. The van der Waals surface area contributed by atoms with E-state index in [0.717, 1.165) is 5.56 Å². The van der Waals surface area contributed by atoms with Gasteiger partial charge in [-0.15, -0.1) is 0 Å². The maximum absolute atomic E-state index is 13.8. The van der Waals surface area contributed by atoms with Crippen LogP contribution in [0.3, 0.4) is 0 Å². The molecule has 0 radical (unpaired) electrons. The average molecular weight is 429 g/mol. The zero-order valence-corrected chi connectivity index (χ0v) is 18.4. The monoisotopic (exact) mass is 428 g/mol.